The zero-order valence-electron chi connectivity index (χ0n) is 26.6. The molecule has 1 aromatic heterocycles. The number of benzene rings is 2. The van der Waals surface area contributed by atoms with E-state index in [1.807, 2.05) is 12.4 Å². The van der Waals surface area contributed by atoms with E-state index in [0.717, 1.165) is 48.4 Å². The SMILES string of the molecule is CCCCc1cccc(CCCC)c1N=Cc1cc(C)cc(C=Nc2c(CCCC)cccc2CCCC)n1.[Cl-].[Cl-].[Cl-].[Co+3]. The van der Waals surface area contributed by atoms with Crippen LogP contribution in [0.1, 0.15) is 118 Å². The van der Waals surface area contributed by atoms with Crippen molar-refractivity contribution in [1.29, 1.82) is 0 Å². The maximum absolute atomic E-state index is 5.05. The van der Waals surface area contributed by atoms with Crippen molar-refractivity contribution in [3.63, 3.8) is 0 Å². The molecule has 0 aliphatic rings. The second-order valence-electron chi connectivity index (χ2n) is 10.8. The first-order valence-electron chi connectivity index (χ1n) is 15.4. The third-order valence-corrected chi connectivity index (χ3v) is 7.27. The third kappa shape index (κ3) is 14.3. The van der Waals surface area contributed by atoms with Crippen molar-refractivity contribution in [2.75, 3.05) is 0 Å². The number of halogens is 3. The van der Waals surface area contributed by atoms with Crippen LogP contribution >= 0.6 is 0 Å². The Balaban J connectivity index is 0. The fourth-order valence-electron chi connectivity index (χ4n) is 5.01. The summed E-state index contributed by atoms with van der Waals surface area (Å²) in [5, 5.41) is 0. The van der Waals surface area contributed by atoms with Crippen LogP contribution in [-0.2, 0) is 42.5 Å². The molecule has 0 spiro atoms. The van der Waals surface area contributed by atoms with Gasteiger partial charge in [0, 0.05) is 0 Å². The van der Waals surface area contributed by atoms with Crippen LogP contribution in [0.15, 0.2) is 58.5 Å². The fourth-order valence-corrected chi connectivity index (χ4v) is 5.01. The molecule has 0 radical (unpaired) electrons. The van der Waals surface area contributed by atoms with Gasteiger partial charge in [-0.05, 0) is 98.2 Å². The summed E-state index contributed by atoms with van der Waals surface area (Å²) in [6.45, 7) is 11.1. The predicted molar refractivity (Wildman–Crippen MR) is 171 cm³/mol. The molecule has 0 fully saturated rings. The molecule has 0 atom stereocenters. The molecule has 3 aromatic rings. The zero-order chi connectivity index (χ0) is 27.9. The maximum Gasteiger partial charge on any atom is 3.00 e. The summed E-state index contributed by atoms with van der Waals surface area (Å²) in [5.74, 6) is 0. The summed E-state index contributed by atoms with van der Waals surface area (Å²) in [6.07, 6.45) is 17.7. The Morgan fingerprint density at radius 1 is 0.558 bits per heavy atom. The molecule has 0 N–H and O–H groups in total. The Morgan fingerprint density at radius 2 is 0.860 bits per heavy atom. The van der Waals surface area contributed by atoms with Crippen molar-refractivity contribution in [1.82, 2.24) is 4.98 Å². The van der Waals surface area contributed by atoms with Gasteiger partial charge >= 0.3 is 16.8 Å². The van der Waals surface area contributed by atoms with Crippen molar-refractivity contribution in [2.24, 2.45) is 9.98 Å². The zero-order valence-corrected chi connectivity index (χ0v) is 29.9. The van der Waals surface area contributed by atoms with Crippen LogP contribution in [0.3, 0.4) is 0 Å². The molecule has 0 bridgehead atoms. The number of unbranched alkanes of at least 4 members (excludes halogenated alkanes) is 4. The van der Waals surface area contributed by atoms with Gasteiger partial charge < -0.3 is 37.2 Å². The Bertz CT molecular complexity index is 1100. The first kappa shape index (κ1) is 43.4. The van der Waals surface area contributed by atoms with Gasteiger partial charge in [0.05, 0.1) is 35.2 Å². The topological polar surface area (TPSA) is 37.6 Å². The van der Waals surface area contributed by atoms with Crippen molar-refractivity contribution in [3.8, 4) is 0 Å². The number of hydrogen-bond acceptors (Lipinski definition) is 3. The van der Waals surface area contributed by atoms with Gasteiger partial charge in [-0.25, -0.2) is 4.98 Å². The molecular weight excluding hydrogens is 640 g/mol. The first-order chi connectivity index (χ1) is 19.1. The first-order valence-corrected chi connectivity index (χ1v) is 15.4. The van der Waals surface area contributed by atoms with Crippen LogP contribution in [0.4, 0.5) is 11.4 Å². The third-order valence-electron chi connectivity index (χ3n) is 7.27. The van der Waals surface area contributed by atoms with Crippen LogP contribution < -0.4 is 37.2 Å². The molecule has 1 heterocycles. The number of nitrogens with zero attached hydrogens (tertiary/aromatic N) is 3. The van der Waals surface area contributed by atoms with Gasteiger partial charge in [-0.2, -0.15) is 0 Å². The second kappa shape index (κ2) is 24.6. The summed E-state index contributed by atoms with van der Waals surface area (Å²) >= 11 is 0. The van der Waals surface area contributed by atoms with Gasteiger partial charge in [-0.3, -0.25) is 9.98 Å². The molecule has 0 aliphatic heterocycles. The number of aliphatic imine (C=N–C) groups is 2. The number of aryl methyl sites for hydroxylation is 5. The van der Waals surface area contributed by atoms with Gasteiger partial charge in [0.1, 0.15) is 0 Å². The average Bonchev–Trinajstić information content (AvgIpc) is 2.95. The van der Waals surface area contributed by atoms with E-state index in [2.05, 4.69) is 83.1 Å². The number of pyridine rings is 1. The summed E-state index contributed by atoms with van der Waals surface area (Å²) in [6, 6.07) is 17.6. The van der Waals surface area contributed by atoms with E-state index in [1.165, 1.54) is 79.2 Å². The molecule has 2 aromatic carbocycles. The Kier molecular flexibility index (Phi) is 24.9. The summed E-state index contributed by atoms with van der Waals surface area (Å²) in [7, 11) is 0. The van der Waals surface area contributed by atoms with Crippen molar-refractivity contribution in [2.45, 2.75) is 112 Å². The van der Waals surface area contributed by atoms with Crippen LogP contribution in [0, 0.1) is 6.92 Å². The number of para-hydroxylation sites is 2. The van der Waals surface area contributed by atoms with Crippen molar-refractivity contribution < 1.29 is 54.0 Å². The quantitative estimate of drug-likeness (QED) is 0.209. The van der Waals surface area contributed by atoms with E-state index in [9.17, 15) is 0 Å². The minimum atomic E-state index is 0. The van der Waals surface area contributed by atoms with Gasteiger partial charge in [0.2, 0.25) is 0 Å². The summed E-state index contributed by atoms with van der Waals surface area (Å²) < 4.78 is 0. The van der Waals surface area contributed by atoms with E-state index < -0.39 is 0 Å². The van der Waals surface area contributed by atoms with Crippen LogP contribution in [0.2, 0.25) is 0 Å². The Morgan fingerprint density at radius 3 is 1.14 bits per heavy atom. The van der Waals surface area contributed by atoms with Crippen LogP contribution in [0.25, 0.3) is 0 Å². The largest absolute Gasteiger partial charge is 3.00 e. The Hall–Kier alpha value is -1.69. The molecule has 238 valence electrons. The number of rotatable bonds is 16. The fraction of sp³-hybridized carbons (Fsp3) is 0.472. The number of aromatic nitrogens is 1. The minimum Gasteiger partial charge on any atom is -1.00 e. The van der Waals surface area contributed by atoms with E-state index >= 15 is 0 Å². The van der Waals surface area contributed by atoms with Crippen molar-refractivity contribution in [3.05, 3.63) is 87.7 Å². The standard InChI is InChI=1S/C36H49N3.3ClH.Co/c1-6-10-16-29-20-14-21-30(17-11-7-2)35(29)37-26-33-24-28(5)25-34(39-33)27-38-36-31(18-12-8-3)22-15-23-32(36)19-13-9-4;;;;/h14-15,20-27H,6-13,16-19H2,1-5H3;3*1H;/q;;;;+3/p-3. The normalized spacial score (nSPS) is 10.6. The van der Waals surface area contributed by atoms with E-state index in [4.69, 9.17) is 15.0 Å². The van der Waals surface area contributed by atoms with E-state index in [0.29, 0.717) is 0 Å². The molecule has 0 saturated carbocycles. The maximum atomic E-state index is 5.05. The molecule has 43 heavy (non-hydrogen) atoms. The average molecular weight is 689 g/mol. The van der Waals surface area contributed by atoms with Gasteiger partial charge in [-0.1, -0.05) is 89.8 Å². The smallest absolute Gasteiger partial charge is 1.00 e. The number of hydrogen-bond donors (Lipinski definition) is 0. The van der Waals surface area contributed by atoms with Crippen LogP contribution in [0.5, 0.6) is 0 Å². The van der Waals surface area contributed by atoms with Crippen molar-refractivity contribution >= 4 is 23.8 Å². The molecular formula is C36H49Cl3CoN3. The minimum absolute atomic E-state index is 0. The summed E-state index contributed by atoms with van der Waals surface area (Å²) in [5.41, 5.74) is 10.6. The van der Waals surface area contributed by atoms with Gasteiger partial charge in [-0.15, -0.1) is 0 Å². The monoisotopic (exact) mass is 687 g/mol. The van der Waals surface area contributed by atoms with Crippen LogP contribution in [-0.4, -0.2) is 17.4 Å². The second-order valence-corrected chi connectivity index (χ2v) is 10.8. The molecule has 3 nitrogen and oxygen atoms in total. The molecule has 3 rings (SSSR count). The molecule has 0 aliphatic carbocycles. The molecule has 0 amide bonds. The van der Waals surface area contributed by atoms with Gasteiger partial charge in [0.25, 0.3) is 0 Å². The Labute approximate surface area is 290 Å². The molecule has 0 saturated heterocycles. The summed E-state index contributed by atoms with van der Waals surface area (Å²) in [4.78, 5) is 15.0. The molecule has 7 heteroatoms. The predicted octanol–water partition coefficient (Wildman–Crippen LogP) is 1.27. The molecule has 0 unspecified atom stereocenters. The van der Waals surface area contributed by atoms with Gasteiger partial charge in [0.15, 0.2) is 0 Å². The van der Waals surface area contributed by atoms with E-state index in [1.54, 1.807) is 0 Å². The van der Waals surface area contributed by atoms with E-state index in [-0.39, 0.29) is 54.0 Å².